The number of aliphatic imine (C=N–C) groups is 1. The number of hydrogen-bond donors (Lipinski definition) is 1. The minimum Gasteiger partial charge on any atom is -0.444 e. The van der Waals surface area contributed by atoms with Crippen LogP contribution in [-0.4, -0.2) is 78.4 Å². The van der Waals surface area contributed by atoms with Crippen molar-refractivity contribution in [2.45, 2.75) is 59.2 Å². The van der Waals surface area contributed by atoms with Crippen LogP contribution in [0.1, 0.15) is 48.0 Å². The predicted octanol–water partition coefficient (Wildman–Crippen LogP) is 5.58. The number of amides is 3. The zero-order valence-electron chi connectivity index (χ0n) is 28.3. The Kier molecular flexibility index (Phi) is 12.6. The second-order valence-corrected chi connectivity index (χ2v) is 16.7. The van der Waals surface area contributed by atoms with Gasteiger partial charge in [-0.05, 0) is 91.4 Å². The van der Waals surface area contributed by atoms with Crippen molar-refractivity contribution in [3.05, 3.63) is 91.0 Å². The molecule has 0 atom stereocenters. The number of likely N-dealkylation sites (N-methyl/N-ethyl adjacent to an activating group) is 2. The Morgan fingerprint density at radius 2 is 1.15 bits per heavy atom. The van der Waals surface area contributed by atoms with Gasteiger partial charge in [0.25, 0.3) is 0 Å². The van der Waals surface area contributed by atoms with Crippen LogP contribution in [0.15, 0.2) is 96.0 Å². The van der Waals surface area contributed by atoms with E-state index in [-0.39, 0.29) is 18.4 Å². The third kappa shape index (κ3) is 10.8. The summed E-state index contributed by atoms with van der Waals surface area (Å²) in [5, 5.41) is 6.36. The molecule has 0 unspecified atom stereocenters. The van der Waals surface area contributed by atoms with E-state index in [0.29, 0.717) is 6.54 Å². The minimum atomic E-state index is -2.00. The Bertz CT molecular complexity index is 1370. The van der Waals surface area contributed by atoms with Gasteiger partial charge in [0.2, 0.25) is 11.9 Å². The number of hydrogen-bond acceptors (Lipinski definition) is 6. The van der Waals surface area contributed by atoms with Crippen LogP contribution in [0.5, 0.6) is 0 Å². The molecule has 0 saturated carbocycles. The molecule has 3 rings (SSSR count). The number of benzene rings is 3. The van der Waals surface area contributed by atoms with Gasteiger partial charge in [-0.1, -0.05) is 54.6 Å². The quantitative estimate of drug-likeness (QED) is 0.185. The van der Waals surface area contributed by atoms with E-state index in [1.54, 1.807) is 41.5 Å². The van der Waals surface area contributed by atoms with Gasteiger partial charge in [-0.2, -0.15) is 0 Å². The molecule has 46 heavy (non-hydrogen) atoms. The molecule has 3 aromatic carbocycles. The van der Waals surface area contributed by atoms with Gasteiger partial charge >= 0.3 is 12.2 Å². The molecule has 0 aliphatic carbocycles. The zero-order chi connectivity index (χ0) is 34.0. The number of nitrogens with one attached hydrogen (secondary N) is 1. The van der Waals surface area contributed by atoms with E-state index in [1.165, 1.54) is 23.0 Å². The summed E-state index contributed by atoms with van der Waals surface area (Å²) in [4.78, 5) is 45.5. The number of rotatable bonds is 9. The van der Waals surface area contributed by atoms with Crippen LogP contribution in [0.4, 0.5) is 9.59 Å². The molecule has 246 valence electrons. The molecular formula is C36H48N4O5P+. The van der Waals surface area contributed by atoms with Crippen molar-refractivity contribution in [1.29, 1.82) is 0 Å². The molecule has 0 aliphatic rings. The fourth-order valence-electron chi connectivity index (χ4n) is 4.95. The average Bonchev–Trinajstić information content (AvgIpc) is 2.98. The highest BCUT2D eigenvalue weighted by molar-refractivity contribution is 7.95. The first-order valence-electron chi connectivity index (χ1n) is 15.4. The number of alkyl carbamates (subject to hydrolysis) is 1. The summed E-state index contributed by atoms with van der Waals surface area (Å²) in [7, 11) is 1.33. The van der Waals surface area contributed by atoms with E-state index >= 15 is 0 Å². The van der Waals surface area contributed by atoms with E-state index in [2.05, 4.69) is 83.1 Å². The molecule has 3 aromatic rings. The maximum atomic E-state index is 13.4. The van der Waals surface area contributed by atoms with Gasteiger partial charge in [0.15, 0.2) is 0 Å². The van der Waals surface area contributed by atoms with E-state index in [4.69, 9.17) is 9.47 Å². The summed E-state index contributed by atoms with van der Waals surface area (Å²) >= 11 is 0. The normalized spacial score (nSPS) is 12.4. The summed E-state index contributed by atoms with van der Waals surface area (Å²) in [6, 6.07) is 32.0. The first-order valence-corrected chi connectivity index (χ1v) is 17.4. The number of carbonyl (C=O) groups excluding carboxylic acids is 3. The molecule has 0 radical (unpaired) electrons. The highest BCUT2D eigenvalue weighted by atomic mass is 31.2. The number of carbonyl (C=O) groups is 3. The van der Waals surface area contributed by atoms with Crippen molar-refractivity contribution in [1.82, 2.24) is 15.1 Å². The van der Waals surface area contributed by atoms with Crippen LogP contribution >= 0.6 is 7.26 Å². The van der Waals surface area contributed by atoms with Crippen molar-refractivity contribution in [3.8, 4) is 0 Å². The van der Waals surface area contributed by atoms with Gasteiger partial charge in [0.1, 0.15) is 34.4 Å². The molecule has 0 bridgehead atoms. The van der Waals surface area contributed by atoms with Gasteiger partial charge in [-0.15, -0.1) is 4.99 Å². The third-order valence-corrected chi connectivity index (χ3v) is 11.5. The van der Waals surface area contributed by atoms with E-state index in [1.807, 2.05) is 30.1 Å². The number of guanidine groups is 1. The van der Waals surface area contributed by atoms with E-state index in [9.17, 15) is 14.4 Å². The fraction of sp³-hybridized carbons (Fsp3) is 0.389. The monoisotopic (exact) mass is 647 g/mol. The summed E-state index contributed by atoms with van der Waals surface area (Å²) in [6.45, 7) is 10.9. The summed E-state index contributed by atoms with van der Waals surface area (Å²) in [6.07, 6.45) is -0.0413. The standard InChI is InChI=1S/C36H47N4O5P/c1-35(2,3)44-33(42)37-32(38-34(43)45-36(4,5)6)40(8)31(41)27-39(7)25-18-26-46(28-19-12-9-13-20-28,29-21-14-10-15-22-29)30-23-16-11-17-24-30/h9-17,19-24H,18,25-27H2,1-8H3/p+1. The topological polar surface area (TPSA) is 101 Å². The molecule has 0 aliphatic heterocycles. The number of ether oxygens (including phenoxy) is 2. The van der Waals surface area contributed by atoms with Crippen molar-refractivity contribution in [2.75, 3.05) is 33.3 Å². The molecule has 9 nitrogen and oxygen atoms in total. The fourth-order valence-corrected chi connectivity index (χ4v) is 9.27. The van der Waals surface area contributed by atoms with Gasteiger partial charge < -0.3 is 9.47 Å². The molecule has 0 heterocycles. The van der Waals surface area contributed by atoms with Crippen molar-refractivity contribution in [2.24, 2.45) is 4.99 Å². The summed E-state index contributed by atoms with van der Waals surface area (Å²) in [5.74, 6) is -0.639. The smallest absolute Gasteiger partial charge is 0.437 e. The Balaban J connectivity index is 1.79. The summed E-state index contributed by atoms with van der Waals surface area (Å²) < 4.78 is 10.6. The van der Waals surface area contributed by atoms with Gasteiger partial charge in [0.05, 0.1) is 12.7 Å². The third-order valence-electron chi connectivity index (χ3n) is 6.92. The molecule has 0 aromatic heterocycles. The molecule has 0 saturated heterocycles. The highest BCUT2D eigenvalue weighted by Crippen LogP contribution is 2.55. The van der Waals surface area contributed by atoms with Crippen LogP contribution in [0.2, 0.25) is 0 Å². The molecule has 10 heteroatoms. The van der Waals surface area contributed by atoms with Crippen molar-refractivity contribution in [3.63, 3.8) is 0 Å². The van der Waals surface area contributed by atoms with Gasteiger partial charge in [0, 0.05) is 13.6 Å². The lowest BCUT2D eigenvalue weighted by Crippen LogP contribution is -2.49. The first kappa shape index (κ1) is 36.4. The highest BCUT2D eigenvalue weighted by Gasteiger charge is 2.44. The summed E-state index contributed by atoms with van der Waals surface area (Å²) in [5.41, 5.74) is -1.60. The lowest BCUT2D eigenvalue weighted by molar-refractivity contribution is -0.127. The molecule has 1 N–H and O–H groups in total. The lowest BCUT2D eigenvalue weighted by Gasteiger charge is -2.29. The SMILES string of the molecule is CN(CCC[P+](c1ccccc1)(c1ccccc1)c1ccccc1)CC(=O)N(C)C(=NC(=O)OC(C)(C)C)NC(=O)OC(C)(C)C. The van der Waals surface area contributed by atoms with Crippen LogP contribution in [0.3, 0.4) is 0 Å². The van der Waals surface area contributed by atoms with Crippen LogP contribution < -0.4 is 21.2 Å². The average molecular weight is 648 g/mol. The van der Waals surface area contributed by atoms with Crippen molar-refractivity contribution >= 4 is 47.2 Å². The Hall–Kier alpha value is -4.07. The first-order chi connectivity index (χ1) is 21.6. The Morgan fingerprint density at radius 1 is 0.717 bits per heavy atom. The number of nitrogens with zero attached hydrogens (tertiary/aromatic N) is 3. The maximum Gasteiger partial charge on any atom is 0.437 e. The maximum absolute atomic E-state index is 13.4. The van der Waals surface area contributed by atoms with Crippen LogP contribution in [0.25, 0.3) is 0 Å². The van der Waals surface area contributed by atoms with E-state index < -0.39 is 30.7 Å². The van der Waals surface area contributed by atoms with E-state index in [0.717, 1.165) is 17.5 Å². The molecule has 3 amide bonds. The van der Waals surface area contributed by atoms with Crippen molar-refractivity contribution < 1.29 is 23.9 Å². The van der Waals surface area contributed by atoms with Gasteiger partial charge in [-0.3, -0.25) is 19.9 Å². The van der Waals surface area contributed by atoms with Gasteiger partial charge in [-0.25, -0.2) is 9.59 Å². The lowest BCUT2D eigenvalue weighted by atomic mass is 10.2. The minimum absolute atomic E-state index is 0.0350. The Morgan fingerprint density at radius 3 is 1.57 bits per heavy atom. The zero-order valence-corrected chi connectivity index (χ0v) is 29.2. The largest absolute Gasteiger partial charge is 0.444 e. The molecule has 0 fully saturated rings. The second-order valence-electron chi connectivity index (χ2n) is 13.1. The predicted molar refractivity (Wildman–Crippen MR) is 188 cm³/mol. The van der Waals surface area contributed by atoms with Crippen LogP contribution in [-0.2, 0) is 14.3 Å². The molecule has 0 spiro atoms. The second kappa shape index (κ2) is 16.0. The Labute approximate surface area is 274 Å². The van der Waals surface area contributed by atoms with Crippen LogP contribution in [0, 0.1) is 0 Å². The molecular weight excluding hydrogens is 599 g/mol.